The quantitative estimate of drug-likeness (QED) is 0.637. The molecular formula is C24H25ClN4O2. The lowest BCUT2D eigenvalue weighted by Crippen LogP contribution is -2.46. The number of halogens is 1. The molecule has 1 aliphatic heterocycles. The van der Waals surface area contributed by atoms with Crippen molar-refractivity contribution in [1.82, 2.24) is 20.4 Å². The lowest BCUT2D eigenvalue weighted by molar-refractivity contribution is 0.0692. The fourth-order valence-electron chi connectivity index (χ4n) is 4.00. The second kappa shape index (κ2) is 8.94. The molecule has 2 aromatic carbocycles. The van der Waals surface area contributed by atoms with E-state index in [9.17, 15) is 9.59 Å². The number of benzene rings is 2. The number of aromatic amines is 1. The van der Waals surface area contributed by atoms with Crippen molar-refractivity contribution in [2.45, 2.75) is 32.7 Å². The molecule has 1 saturated heterocycles. The van der Waals surface area contributed by atoms with Gasteiger partial charge in [-0.1, -0.05) is 40.9 Å². The minimum absolute atomic E-state index is 0.0566. The fraction of sp³-hybridized carbons (Fsp3) is 0.292. The SMILES string of the molecule is Cc1cc(C)cc(C(=O)NC2CCN(C(=O)c3cc(-c4cccc(Cl)c4)n[nH]3)CC2)c1. The number of hydrogen-bond acceptors (Lipinski definition) is 3. The van der Waals surface area contributed by atoms with E-state index >= 15 is 0 Å². The molecule has 3 aromatic rings. The number of carbonyl (C=O) groups is 2. The Labute approximate surface area is 186 Å². The zero-order valence-electron chi connectivity index (χ0n) is 17.6. The largest absolute Gasteiger partial charge is 0.349 e. The molecular weight excluding hydrogens is 412 g/mol. The highest BCUT2D eigenvalue weighted by molar-refractivity contribution is 6.30. The van der Waals surface area contributed by atoms with Crippen LogP contribution in [0.15, 0.2) is 48.5 Å². The van der Waals surface area contributed by atoms with E-state index in [-0.39, 0.29) is 17.9 Å². The van der Waals surface area contributed by atoms with Crippen LogP contribution < -0.4 is 5.32 Å². The van der Waals surface area contributed by atoms with Crippen molar-refractivity contribution in [2.24, 2.45) is 0 Å². The van der Waals surface area contributed by atoms with Crippen LogP contribution in [0.3, 0.4) is 0 Å². The highest BCUT2D eigenvalue weighted by Gasteiger charge is 2.26. The van der Waals surface area contributed by atoms with Gasteiger partial charge in [0.05, 0.1) is 5.69 Å². The fourth-order valence-corrected chi connectivity index (χ4v) is 4.19. The van der Waals surface area contributed by atoms with Crippen molar-refractivity contribution in [3.63, 3.8) is 0 Å². The van der Waals surface area contributed by atoms with Gasteiger partial charge < -0.3 is 10.2 Å². The molecule has 0 unspecified atom stereocenters. The van der Waals surface area contributed by atoms with Gasteiger partial charge in [0.1, 0.15) is 5.69 Å². The monoisotopic (exact) mass is 436 g/mol. The number of hydrogen-bond donors (Lipinski definition) is 2. The Bertz CT molecular complexity index is 1100. The van der Waals surface area contributed by atoms with Crippen LogP contribution in [0.2, 0.25) is 5.02 Å². The molecule has 160 valence electrons. The second-order valence-electron chi connectivity index (χ2n) is 8.09. The van der Waals surface area contributed by atoms with Crippen molar-refractivity contribution >= 4 is 23.4 Å². The van der Waals surface area contributed by atoms with Gasteiger partial charge in [0.15, 0.2) is 0 Å². The first-order valence-electron chi connectivity index (χ1n) is 10.4. The Balaban J connectivity index is 1.34. The van der Waals surface area contributed by atoms with Crippen LogP contribution in [0.25, 0.3) is 11.3 Å². The average molecular weight is 437 g/mol. The summed E-state index contributed by atoms with van der Waals surface area (Å²) >= 11 is 6.05. The minimum atomic E-state index is -0.0835. The summed E-state index contributed by atoms with van der Waals surface area (Å²) in [4.78, 5) is 27.3. The van der Waals surface area contributed by atoms with Crippen LogP contribution >= 0.6 is 11.6 Å². The first kappa shape index (κ1) is 21.1. The van der Waals surface area contributed by atoms with E-state index < -0.39 is 0 Å². The zero-order chi connectivity index (χ0) is 22.0. The van der Waals surface area contributed by atoms with Crippen molar-refractivity contribution in [2.75, 3.05) is 13.1 Å². The lowest BCUT2D eigenvalue weighted by Gasteiger charge is -2.32. The Morgan fingerprint density at radius 2 is 1.77 bits per heavy atom. The maximum Gasteiger partial charge on any atom is 0.271 e. The number of amides is 2. The molecule has 0 aliphatic carbocycles. The summed E-state index contributed by atoms with van der Waals surface area (Å²) in [5.41, 5.74) is 4.82. The number of likely N-dealkylation sites (tertiary alicyclic amines) is 1. The van der Waals surface area contributed by atoms with Crippen LogP contribution in [0.5, 0.6) is 0 Å². The summed E-state index contributed by atoms with van der Waals surface area (Å²) in [6.45, 7) is 5.15. The average Bonchev–Trinajstić information content (AvgIpc) is 3.23. The predicted molar refractivity (Wildman–Crippen MR) is 121 cm³/mol. The maximum absolute atomic E-state index is 12.9. The maximum atomic E-state index is 12.9. The molecule has 1 fully saturated rings. The number of H-pyrrole nitrogens is 1. The van der Waals surface area contributed by atoms with Gasteiger partial charge in [-0.3, -0.25) is 14.7 Å². The van der Waals surface area contributed by atoms with E-state index in [0.717, 1.165) is 29.5 Å². The summed E-state index contributed by atoms with van der Waals surface area (Å²) in [7, 11) is 0. The van der Waals surface area contributed by atoms with Gasteiger partial charge >= 0.3 is 0 Å². The Morgan fingerprint density at radius 3 is 2.45 bits per heavy atom. The van der Waals surface area contributed by atoms with E-state index in [1.54, 1.807) is 17.0 Å². The molecule has 2 amide bonds. The van der Waals surface area contributed by atoms with Crippen molar-refractivity contribution in [1.29, 1.82) is 0 Å². The molecule has 4 rings (SSSR count). The highest BCUT2D eigenvalue weighted by atomic mass is 35.5. The molecule has 7 heteroatoms. The molecule has 1 aromatic heterocycles. The summed E-state index contributed by atoms with van der Waals surface area (Å²) in [6, 6.07) is 15.0. The van der Waals surface area contributed by atoms with Crippen LogP contribution in [0, 0.1) is 13.8 Å². The number of nitrogens with one attached hydrogen (secondary N) is 2. The molecule has 0 radical (unpaired) electrons. The van der Waals surface area contributed by atoms with Gasteiger partial charge in [0.2, 0.25) is 0 Å². The smallest absolute Gasteiger partial charge is 0.271 e. The molecule has 2 heterocycles. The third-order valence-electron chi connectivity index (χ3n) is 5.53. The summed E-state index contributed by atoms with van der Waals surface area (Å²) in [5.74, 6) is -0.142. The second-order valence-corrected chi connectivity index (χ2v) is 8.53. The number of aromatic nitrogens is 2. The van der Waals surface area contributed by atoms with E-state index in [0.29, 0.717) is 35.1 Å². The topological polar surface area (TPSA) is 78.1 Å². The van der Waals surface area contributed by atoms with Crippen LogP contribution in [0.1, 0.15) is 44.8 Å². The molecule has 2 N–H and O–H groups in total. The molecule has 1 aliphatic rings. The van der Waals surface area contributed by atoms with Crippen molar-refractivity contribution in [3.05, 3.63) is 75.9 Å². The Hall–Kier alpha value is -3.12. The first-order chi connectivity index (χ1) is 14.9. The first-order valence-corrected chi connectivity index (χ1v) is 10.8. The molecule has 0 saturated carbocycles. The third kappa shape index (κ3) is 4.97. The Morgan fingerprint density at radius 1 is 1.06 bits per heavy atom. The molecule has 6 nitrogen and oxygen atoms in total. The molecule has 0 bridgehead atoms. The van der Waals surface area contributed by atoms with Gasteiger partial charge in [0.25, 0.3) is 11.8 Å². The Kier molecular flexibility index (Phi) is 6.09. The van der Waals surface area contributed by atoms with Crippen molar-refractivity contribution in [3.8, 4) is 11.3 Å². The van der Waals surface area contributed by atoms with Gasteiger partial charge in [-0.2, -0.15) is 5.10 Å². The lowest BCUT2D eigenvalue weighted by atomic mass is 10.0. The van der Waals surface area contributed by atoms with E-state index in [4.69, 9.17) is 11.6 Å². The highest BCUT2D eigenvalue weighted by Crippen LogP contribution is 2.22. The molecule has 0 spiro atoms. The third-order valence-corrected chi connectivity index (χ3v) is 5.77. The minimum Gasteiger partial charge on any atom is -0.349 e. The van der Waals surface area contributed by atoms with Crippen LogP contribution in [0.4, 0.5) is 0 Å². The molecule has 31 heavy (non-hydrogen) atoms. The van der Waals surface area contributed by atoms with E-state index in [1.165, 1.54) is 0 Å². The van der Waals surface area contributed by atoms with E-state index in [1.807, 2.05) is 50.2 Å². The zero-order valence-corrected chi connectivity index (χ0v) is 18.4. The summed E-state index contributed by atoms with van der Waals surface area (Å²) in [5, 5.41) is 10.8. The number of carbonyl (C=O) groups excluding carboxylic acids is 2. The van der Waals surface area contributed by atoms with Crippen molar-refractivity contribution < 1.29 is 9.59 Å². The predicted octanol–water partition coefficient (Wildman–Crippen LogP) is 4.38. The van der Waals surface area contributed by atoms with Crippen LogP contribution in [-0.4, -0.2) is 46.0 Å². The van der Waals surface area contributed by atoms with Gasteiger partial charge in [0, 0.05) is 35.3 Å². The van der Waals surface area contributed by atoms with Gasteiger partial charge in [-0.05, 0) is 57.0 Å². The van der Waals surface area contributed by atoms with E-state index in [2.05, 4.69) is 15.5 Å². The summed E-state index contributed by atoms with van der Waals surface area (Å²) in [6.07, 6.45) is 1.44. The standard InChI is InChI=1S/C24H25ClN4O2/c1-15-10-16(2)12-18(11-15)23(30)26-20-6-8-29(9-7-20)24(31)22-14-21(27-28-22)17-4-3-5-19(25)13-17/h3-5,10-14,20H,6-9H2,1-2H3,(H,26,30)(H,27,28). The normalized spacial score (nSPS) is 14.5. The number of rotatable bonds is 4. The summed E-state index contributed by atoms with van der Waals surface area (Å²) < 4.78 is 0. The molecule has 0 atom stereocenters. The van der Waals surface area contributed by atoms with Gasteiger partial charge in [-0.25, -0.2) is 0 Å². The number of nitrogens with zero attached hydrogens (tertiary/aromatic N) is 2. The van der Waals surface area contributed by atoms with Gasteiger partial charge in [-0.15, -0.1) is 0 Å². The number of piperidine rings is 1. The van der Waals surface area contributed by atoms with Crippen LogP contribution in [-0.2, 0) is 0 Å². The number of aryl methyl sites for hydroxylation is 2.